The third-order valence-electron chi connectivity index (χ3n) is 7.03. The van der Waals surface area contributed by atoms with Crippen molar-refractivity contribution in [1.29, 1.82) is 0 Å². The van der Waals surface area contributed by atoms with Gasteiger partial charge in [0.05, 0.1) is 23.4 Å². The Kier molecular flexibility index (Phi) is 5.42. The fraction of sp³-hybridized carbons (Fsp3) is 0.464. The quantitative estimate of drug-likeness (QED) is 0.484. The molecule has 0 amide bonds. The third-order valence-corrected chi connectivity index (χ3v) is 7.03. The number of hydrogen-bond donors (Lipinski definition) is 1. The van der Waals surface area contributed by atoms with Gasteiger partial charge in [0.1, 0.15) is 17.0 Å². The van der Waals surface area contributed by atoms with Gasteiger partial charge in [0.25, 0.3) is 5.56 Å². The van der Waals surface area contributed by atoms with E-state index >= 15 is 0 Å². The molecule has 1 N–H and O–H groups in total. The molecule has 0 saturated carbocycles. The number of rotatable bonds is 4. The summed E-state index contributed by atoms with van der Waals surface area (Å²) in [6.07, 6.45) is 0.789. The molecule has 3 aromatic rings. The van der Waals surface area contributed by atoms with Crippen LogP contribution in [0.2, 0.25) is 0 Å². The van der Waals surface area contributed by atoms with Crippen LogP contribution < -0.4 is 10.3 Å². The third kappa shape index (κ3) is 3.78. The second-order valence-electron chi connectivity index (χ2n) is 11.0. The van der Waals surface area contributed by atoms with Crippen LogP contribution in [0, 0.1) is 0 Å². The standard InChI is InChI=1S/C28H33N3O4/c1-7-28(34)20-13-22-25-16(14-31(22)26(33)17(20)8-11-24(28)32)12-18-19(15-30(5)6)23(35-27(2,3)4)10-9-21(18)29-25/h9-10,12-13,34H,7-8,11,14-15H2,1-6H3/t28-/m0/s1. The number of ketones is 1. The van der Waals surface area contributed by atoms with Gasteiger partial charge >= 0.3 is 0 Å². The molecule has 0 radical (unpaired) electrons. The molecule has 0 bridgehead atoms. The average molecular weight is 476 g/mol. The Morgan fingerprint density at radius 3 is 2.57 bits per heavy atom. The summed E-state index contributed by atoms with van der Waals surface area (Å²) in [5.74, 6) is 0.608. The summed E-state index contributed by atoms with van der Waals surface area (Å²) in [5.41, 5.74) is 3.14. The number of aliphatic hydroxyl groups is 1. The number of Topliss-reactive ketones (excluding diaryl/α,β-unsaturated/α-hetero) is 1. The molecular formula is C28H33N3O4. The Morgan fingerprint density at radius 2 is 1.91 bits per heavy atom. The molecule has 184 valence electrons. The van der Waals surface area contributed by atoms with Gasteiger partial charge in [-0.2, -0.15) is 0 Å². The molecule has 2 aliphatic rings. The molecule has 2 aromatic heterocycles. The summed E-state index contributed by atoms with van der Waals surface area (Å²) >= 11 is 0. The van der Waals surface area contributed by atoms with Gasteiger partial charge in [-0.3, -0.25) is 9.59 Å². The molecule has 0 spiro atoms. The number of carbonyl (C=O) groups excluding carboxylic acids is 1. The Balaban J connectivity index is 1.72. The second kappa shape index (κ2) is 8.00. The van der Waals surface area contributed by atoms with E-state index in [0.29, 0.717) is 36.3 Å². The molecule has 0 unspecified atom stereocenters. The number of nitrogens with zero attached hydrogens (tertiary/aromatic N) is 3. The monoisotopic (exact) mass is 475 g/mol. The molecule has 1 aliphatic carbocycles. The van der Waals surface area contributed by atoms with E-state index in [2.05, 4.69) is 11.0 Å². The predicted molar refractivity (Wildman–Crippen MR) is 136 cm³/mol. The molecule has 1 atom stereocenters. The number of pyridine rings is 2. The first-order valence-corrected chi connectivity index (χ1v) is 12.3. The zero-order chi connectivity index (χ0) is 25.3. The van der Waals surface area contributed by atoms with E-state index in [1.165, 1.54) is 0 Å². The van der Waals surface area contributed by atoms with Gasteiger partial charge < -0.3 is 19.3 Å². The lowest BCUT2D eigenvalue weighted by molar-refractivity contribution is -0.140. The van der Waals surface area contributed by atoms with Crippen LogP contribution in [-0.4, -0.2) is 45.0 Å². The first-order chi connectivity index (χ1) is 16.4. The van der Waals surface area contributed by atoms with Gasteiger partial charge in [-0.15, -0.1) is 0 Å². The SMILES string of the molecule is CC[C@@]1(O)C(=O)CCc2c1cc1n(c2=O)Cc2cc3c(CN(C)C)c(OC(C)(C)C)ccc3nc2-1. The highest BCUT2D eigenvalue weighted by Crippen LogP contribution is 2.40. The predicted octanol–water partition coefficient (Wildman–Crippen LogP) is 3.78. The Bertz CT molecular complexity index is 1430. The average Bonchev–Trinajstić information content (AvgIpc) is 3.14. The Labute approximate surface area is 205 Å². The highest BCUT2D eigenvalue weighted by Gasteiger charge is 2.43. The van der Waals surface area contributed by atoms with Crippen molar-refractivity contribution in [3.8, 4) is 17.1 Å². The number of benzene rings is 1. The van der Waals surface area contributed by atoms with E-state index in [9.17, 15) is 14.7 Å². The molecular weight excluding hydrogens is 442 g/mol. The van der Waals surface area contributed by atoms with Crippen molar-refractivity contribution < 1.29 is 14.6 Å². The first kappa shape index (κ1) is 23.7. The fourth-order valence-electron chi connectivity index (χ4n) is 5.38. The summed E-state index contributed by atoms with van der Waals surface area (Å²) in [6.45, 7) is 8.99. The van der Waals surface area contributed by atoms with Crippen molar-refractivity contribution in [3.05, 3.63) is 56.9 Å². The zero-order valence-corrected chi connectivity index (χ0v) is 21.4. The van der Waals surface area contributed by atoms with Gasteiger partial charge in [-0.05, 0) is 72.0 Å². The molecule has 1 aliphatic heterocycles. The Hall–Kier alpha value is -3.03. The summed E-state index contributed by atoms with van der Waals surface area (Å²) in [6, 6.07) is 7.87. The van der Waals surface area contributed by atoms with Gasteiger partial charge in [-0.25, -0.2) is 4.98 Å². The summed E-state index contributed by atoms with van der Waals surface area (Å²) < 4.78 is 8.02. The van der Waals surface area contributed by atoms with Gasteiger partial charge in [0.15, 0.2) is 5.78 Å². The molecule has 35 heavy (non-hydrogen) atoms. The van der Waals surface area contributed by atoms with E-state index in [1.807, 2.05) is 53.1 Å². The van der Waals surface area contributed by atoms with Crippen molar-refractivity contribution in [1.82, 2.24) is 14.5 Å². The molecule has 5 rings (SSSR count). The van der Waals surface area contributed by atoms with Gasteiger partial charge in [0, 0.05) is 40.6 Å². The highest BCUT2D eigenvalue weighted by atomic mass is 16.5. The van der Waals surface area contributed by atoms with Crippen LogP contribution >= 0.6 is 0 Å². The van der Waals surface area contributed by atoms with Gasteiger partial charge in [-0.1, -0.05) is 6.92 Å². The second-order valence-corrected chi connectivity index (χ2v) is 11.0. The molecule has 0 fully saturated rings. The van der Waals surface area contributed by atoms with Crippen molar-refractivity contribution in [3.63, 3.8) is 0 Å². The number of carbonyl (C=O) groups is 1. The summed E-state index contributed by atoms with van der Waals surface area (Å²) in [4.78, 5) is 33.2. The van der Waals surface area contributed by atoms with Gasteiger partial charge in [0.2, 0.25) is 0 Å². The Morgan fingerprint density at radius 1 is 1.17 bits per heavy atom. The lowest BCUT2D eigenvalue weighted by Gasteiger charge is -2.32. The van der Waals surface area contributed by atoms with Crippen molar-refractivity contribution in [2.75, 3.05) is 14.1 Å². The van der Waals surface area contributed by atoms with Crippen LogP contribution in [0.4, 0.5) is 0 Å². The topological polar surface area (TPSA) is 84.7 Å². The zero-order valence-electron chi connectivity index (χ0n) is 21.4. The van der Waals surface area contributed by atoms with E-state index in [4.69, 9.17) is 9.72 Å². The van der Waals surface area contributed by atoms with Crippen molar-refractivity contribution in [2.45, 2.75) is 71.2 Å². The van der Waals surface area contributed by atoms with E-state index in [-0.39, 0.29) is 29.8 Å². The van der Waals surface area contributed by atoms with Crippen LogP contribution in [-0.2, 0) is 29.9 Å². The van der Waals surface area contributed by atoms with E-state index < -0.39 is 5.60 Å². The van der Waals surface area contributed by atoms with E-state index in [0.717, 1.165) is 33.5 Å². The fourth-order valence-corrected chi connectivity index (χ4v) is 5.38. The normalized spacial score (nSPS) is 19.1. The maximum Gasteiger partial charge on any atom is 0.254 e. The summed E-state index contributed by atoms with van der Waals surface area (Å²) in [7, 11) is 4.05. The van der Waals surface area contributed by atoms with E-state index in [1.54, 1.807) is 11.5 Å². The lowest BCUT2D eigenvalue weighted by atomic mass is 9.77. The lowest BCUT2D eigenvalue weighted by Crippen LogP contribution is -2.43. The first-order valence-electron chi connectivity index (χ1n) is 12.3. The van der Waals surface area contributed by atoms with Crippen molar-refractivity contribution in [2.24, 2.45) is 0 Å². The minimum atomic E-state index is -1.61. The van der Waals surface area contributed by atoms with Crippen LogP contribution in [0.1, 0.15) is 62.8 Å². The smallest absolute Gasteiger partial charge is 0.254 e. The minimum Gasteiger partial charge on any atom is -0.488 e. The number of fused-ring (bicyclic) bond motifs is 5. The highest BCUT2D eigenvalue weighted by molar-refractivity contribution is 5.92. The molecule has 0 saturated heterocycles. The number of ether oxygens (including phenoxy) is 1. The van der Waals surface area contributed by atoms with Crippen LogP contribution in [0.5, 0.6) is 5.75 Å². The maximum atomic E-state index is 13.5. The van der Waals surface area contributed by atoms with Crippen LogP contribution in [0.3, 0.4) is 0 Å². The maximum absolute atomic E-state index is 13.5. The number of aromatic nitrogens is 2. The largest absolute Gasteiger partial charge is 0.488 e. The minimum absolute atomic E-state index is 0.135. The van der Waals surface area contributed by atoms with Crippen molar-refractivity contribution >= 4 is 16.7 Å². The molecule has 7 nitrogen and oxygen atoms in total. The number of hydrogen-bond acceptors (Lipinski definition) is 6. The van der Waals surface area contributed by atoms with Crippen LogP contribution in [0.15, 0.2) is 29.1 Å². The summed E-state index contributed by atoms with van der Waals surface area (Å²) in [5, 5.41) is 12.2. The molecule has 7 heteroatoms. The molecule has 3 heterocycles. The molecule has 1 aromatic carbocycles. The van der Waals surface area contributed by atoms with Crippen LogP contribution in [0.25, 0.3) is 22.3 Å².